The topological polar surface area (TPSA) is 86.8 Å². The van der Waals surface area contributed by atoms with Crippen LogP contribution in [0.5, 0.6) is 0 Å². The fraction of sp³-hybridized carbons (Fsp3) is 0.355. The number of rotatable bonds is 12. The van der Waals surface area contributed by atoms with Crippen LogP contribution in [0.2, 0.25) is 5.02 Å². The number of halogens is 1. The first-order chi connectivity index (χ1) is 19.0. The average molecular weight is 584 g/mol. The van der Waals surface area contributed by atoms with Gasteiger partial charge in [-0.15, -0.1) is 0 Å². The average Bonchev–Trinajstić information content (AvgIpc) is 2.94. The van der Waals surface area contributed by atoms with Gasteiger partial charge in [0, 0.05) is 17.6 Å². The summed E-state index contributed by atoms with van der Waals surface area (Å²) in [7, 11) is -4.11. The third-order valence-electron chi connectivity index (χ3n) is 7.07. The van der Waals surface area contributed by atoms with Crippen molar-refractivity contribution in [2.75, 3.05) is 10.8 Å². The van der Waals surface area contributed by atoms with Crippen LogP contribution in [0.15, 0.2) is 77.7 Å². The summed E-state index contributed by atoms with van der Waals surface area (Å²) in [5, 5.41) is 3.43. The van der Waals surface area contributed by atoms with Crippen molar-refractivity contribution >= 4 is 39.1 Å². The van der Waals surface area contributed by atoms with Gasteiger partial charge >= 0.3 is 0 Å². The van der Waals surface area contributed by atoms with Gasteiger partial charge in [0.05, 0.1) is 10.6 Å². The van der Waals surface area contributed by atoms with E-state index in [0.29, 0.717) is 22.7 Å². The van der Waals surface area contributed by atoms with E-state index in [1.165, 1.54) is 17.0 Å². The van der Waals surface area contributed by atoms with Gasteiger partial charge in [-0.05, 0) is 80.6 Å². The molecule has 7 nitrogen and oxygen atoms in total. The Balaban J connectivity index is 2.08. The van der Waals surface area contributed by atoms with E-state index in [0.717, 1.165) is 21.9 Å². The van der Waals surface area contributed by atoms with Crippen molar-refractivity contribution in [3.63, 3.8) is 0 Å². The number of hydrogen-bond donors (Lipinski definition) is 1. The summed E-state index contributed by atoms with van der Waals surface area (Å²) in [6.07, 6.45) is 1.07. The quantitative estimate of drug-likeness (QED) is 0.289. The van der Waals surface area contributed by atoms with Crippen LogP contribution in [0.3, 0.4) is 0 Å². The maximum Gasteiger partial charge on any atom is 0.264 e. The Hall–Kier alpha value is -3.36. The molecular weight excluding hydrogens is 546 g/mol. The van der Waals surface area contributed by atoms with Crippen LogP contribution in [0.1, 0.15) is 50.3 Å². The molecule has 0 radical (unpaired) electrons. The van der Waals surface area contributed by atoms with Gasteiger partial charge < -0.3 is 10.2 Å². The highest BCUT2D eigenvalue weighted by Gasteiger charge is 2.34. The Morgan fingerprint density at radius 3 is 2.15 bits per heavy atom. The fourth-order valence-corrected chi connectivity index (χ4v) is 5.92. The van der Waals surface area contributed by atoms with Gasteiger partial charge in [-0.3, -0.25) is 13.9 Å². The predicted molar refractivity (Wildman–Crippen MR) is 161 cm³/mol. The van der Waals surface area contributed by atoms with Crippen molar-refractivity contribution in [1.82, 2.24) is 10.2 Å². The lowest BCUT2D eigenvalue weighted by molar-refractivity contribution is -0.140. The Kier molecular flexibility index (Phi) is 10.8. The Labute approximate surface area is 243 Å². The third kappa shape index (κ3) is 7.43. The summed E-state index contributed by atoms with van der Waals surface area (Å²) in [5.74, 6) is -0.801. The summed E-state index contributed by atoms with van der Waals surface area (Å²) in [5.41, 5.74) is 2.93. The smallest absolute Gasteiger partial charge is 0.264 e. The fourth-order valence-electron chi connectivity index (χ4n) is 4.30. The lowest BCUT2D eigenvalue weighted by Gasteiger charge is -2.34. The summed E-state index contributed by atoms with van der Waals surface area (Å²) < 4.78 is 28.9. The number of amides is 2. The second-order valence-corrected chi connectivity index (χ2v) is 12.2. The van der Waals surface area contributed by atoms with Crippen LogP contribution in [0.25, 0.3) is 0 Å². The molecule has 0 saturated carbocycles. The number of anilines is 1. The van der Waals surface area contributed by atoms with Crippen molar-refractivity contribution in [2.45, 2.75) is 71.0 Å². The minimum Gasteiger partial charge on any atom is -0.352 e. The number of nitrogens with one attached hydrogen (secondary N) is 1. The molecular formula is C31H38ClN3O4S. The molecule has 0 aliphatic carbocycles. The zero-order valence-electron chi connectivity index (χ0n) is 23.7. The van der Waals surface area contributed by atoms with Gasteiger partial charge in [0.2, 0.25) is 11.8 Å². The molecule has 0 aromatic heterocycles. The standard InChI is InChI=1S/C31H38ClN3O4S/c1-6-24(5)33-31(37)29(7-2)34(20-25-13-11-12-16-28(25)32)30(36)21-35(26-18-17-22(3)23(4)19-26)40(38,39)27-14-9-8-10-15-27/h8-19,24,29H,6-7,20-21H2,1-5H3,(H,33,37)/t24-,29+/m0/s1. The van der Waals surface area contributed by atoms with Gasteiger partial charge in [0.25, 0.3) is 10.0 Å². The van der Waals surface area contributed by atoms with E-state index in [1.54, 1.807) is 48.5 Å². The molecule has 0 bridgehead atoms. The Morgan fingerprint density at radius 2 is 1.55 bits per heavy atom. The second-order valence-electron chi connectivity index (χ2n) is 9.95. The highest BCUT2D eigenvalue weighted by atomic mass is 35.5. The van der Waals surface area contributed by atoms with Gasteiger partial charge in [0.15, 0.2) is 0 Å². The van der Waals surface area contributed by atoms with Gasteiger partial charge in [-0.1, -0.05) is 67.9 Å². The third-order valence-corrected chi connectivity index (χ3v) is 9.23. The van der Waals surface area contributed by atoms with Gasteiger partial charge in [-0.25, -0.2) is 8.42 Å². The SMILES string of the molecule is CC[C@H](C(=O)N[C@@H](C)CC)N(Cc1ccccc1Cl)C(=O)CN(c1ccc(C)c(C)c1)S(=O)(=O)c1ccccc1. The highest BCUT2D eigenvalue weighted by Crippen LogP contribution is 2.27. The lowest BCUT2D eigenvalue weighted by atomic mass is 10.1. The van der Waals surface area contributed by atoms with Crippen molar-refractivity contribution in [2.24, 2.45) is 0 Å². The zero-order chi connectivity index (χ0) is 29.4. The van der Waals surface area contributed by atoms with E-state index in [2.05, 4.69) is 5.32 Å². The number of benzene rings is 3. The Morgan fingerprint density at radius 1 is 0.900 bits per heavy atom. The maximum atomic E-state index is 14.1. The molecule has 0 unspecified atom stereocenters. The molecule has 0 saturated heterocycles. The number of aryl methyl sites for hydroxylation is 2. The minimum atomic E-state index is -4.11. The van der Waals surface area contributed by atoms with Crippen molar-refractivity contribution in [3.05, 3.63) is 94.5 Å². The van der Waals surface area contributed by atoms with Crippen LogP contribution in [0.4, 0.5) is 5.69 Å². The number of hydrogen-bond acceptors (Lipinski definition) is 4. The lowest BCUT2D eigenvalue weighted by Crippen LogP contribution is -2.53. The molecule has 2 atom stereocenters. The number of carbonyl (C=O) groups is 2. The highest BCUT2D eigenvalue weighted by molar-refractivity contribution is 7.92. The van der Waals surface area contributed by atoms with E-state index < -0.39 is 28.5 Å². The molecule has 0 aliphatic rings. The largest absolute Gasteiger partial charge is 0.352 e. The van der Waals surface area contributed by atoms with Crippen LogP contribution in [-0.4, -0.2) is 43.8 Å². The molecule has 9 heteroatoms. The van der Waals surface area contributed by atoms with E-state index in [-0.39, 0.29) is 23.4 Å². The molecule has 0 aliphatic heterocycles. The molecule has 2 amide bonds. The van der Waals surface area contributed by atoms with Crippen molar-refractivity contribution in [3.8, 4) is 0 Å². The molecule has 40 heavy (non-hydrogen) atoms. The van der Waals surface area contributed by atoms with Gasteiger partial charge in [0.1, 0.15) is 12.6 Å². The molecule has 0 spiro atoms. The number of sulfonamides is 1. The molecule has 3 aromatic rings. The summed E-state index contributed by atoms with van der Waals surface area (Å²) in [4.78, 5) is 29.0. The number of nitrogens with zero attached hydrogens (tertiary/aromatic N) is 2. The summed E-state index contributed by atoms with van der Waals surface area (Å²) in [6.45, 7) is 9.09. The molecule has 0 heterocycles. The minimum absolute atomic E-state index is 0.0527. The molecule has 1 N–H and O–H groups in total. The summed E-state index contributed by atoms with van der Waals surface area (Å²) in [6, 6.07) is 19.5. The first-order valence-electron chi connectivity index (χ1n) is 13.5. The molecule has 3 rings (SSSR count). The maximum absolute atomic E-state index is 14.1. The number of carbonyl (C=O) groups excluding carboxylic acids is 2. The summed E-state index contributed by atoms with van der Waals surface area (Å²) >= 11 is 6.45. The molecule has 214 valence electrons. The van der Waals surface area contributed by atoms with E-state index in [4.69, 9.17) is 11.6 Å². The molecule has 3 aromatic carbocycles. The first kappa shape index (κ1) is 31.2. The first-order valence-corrected chi connectivity index (χ1v) is 15.3. The van der Waals surface area contributed by atoms with Crippen LogP contribution in [0, 0.1) is 13.8 Å². The van der Waals surface area contributed by atoms with Crippen LogP contribution >= 0.6 is 11.6 Å². The van der Waals surface area contributed by atoms with E-state index in [1.807, 2.05) is 46.8 Å². The molecule has 0 fully saturated rings. The van der Waals surface area contributed by atoms with Crippen LogP contribution in [-0.2, 0) is 26.2 Å². The van der Waals surface area contributed by atoms with Gasteiger partial charge in [-0.2, -0.15) is 0 Å². The monoisotopic (exact) mass is 583 g/mol. The zero-order valence-corrected chi connectivity index (χ0v) is 25.3. The normalized spacial score (nSPS) is 12.8. The Bertz CT molecular complexity index is 1430. The van der Waals surface area contributed by atoms with E-state index >= 15 is 0 Å². The second kappa shape index (κ2) is 13.8. The van der Waals surface area contributed by atoms with Crippen molar-refractivity contribution < 1.29 is 18.0 Å². The van der Waals surface area contributed by atoms with Crippen molar-refractivity contribution in [1.29, 1.82) is 0 Å². The predicted octanol–water partition coefficient (Wildman–Crippen LogP) is 5.87. The van der Waals surface area contributed by atoms with E-state index in [9.17, 15) is 18.0 Å². The van der Waals surface area contributed by atoms with Crippen LogP contribution < -0.4 is 9.62 Å².